The molecule has 1 atom stereocenters. The first kappa shape index (κ1) is 18.3. The number of ether oxygens (including phenoxy) is 1. The van der Waals surface area contributed by atoms with E-state index in [1.807, 2.05) is 30.3 Å². The molecule has 2 aromatic carbocycles. The Labute approximate surface area is 150 Å². The lowest BCUT2D eigenvalue weighted by Gasteiger charge is -2.14. The largest absolute Gasteiger partial charge is 0.453 e. The summed E-state index contributed by atoms with van der Waals surface area (Å²) in [4.78, 5) is 24.0. The van der Waals surface area contributed by atoms with Crippen LogP contribution in [0, 0.1) is 0 Å². The van der Waals surface area contributed by atoms with Gasteiger partial charge >= 0.3 is 5.97 Å². The molecule has 0 saturated carbocycles. The van der Waals surface area contributed by atoms with Gasteiger partial charge in [-0.2, -0.15) is 0 Å². The summed E-state index contributed by atoms with van der Waals surface area (Å²) in [6.45, 7) is 1.51. The molecule has 0 radical (unpaired) electrons. The number of rotatable bonds is 6. The molecule has 2 aromatic rings. The number of anilines is 1. The maximum atomic E-state index is 12.1. The van der Waals surface area contributed by atoms with Crippen LogP contribution in [0.5, 0.6) is 0 Å². The summed E-state index contributed by atoms with van der Waals surface area (Å²) in [5, 5.41) is 3.40. The first-order valence-electron chi connectivity index (χ1n) is 7.45. The second kappa shape index (κ2) is 8.71. The number of aryl methyl sites for hydroxylation is 1. The topological polar surface area (TPSA) is 55.4 Å². The van der Waals surface area contributed by atoms with Crippen molar-refractivity contribution < 1.29 is 14.3 Å². The van der Waals surface area contributed by atoms with E-state index in [0.717, 1.165) is 5.56 Å². The summed E-state index contributed by atoms with van der Waals surface area (Å²) >= 11 is 11.9. The maximum absolute atomic E-state index is 12.1. The first-order valence-corrected chi connectivity index (χ1v) is 8.20. The minimum absolute atomic E-state index is 0.208. The van der Waals surface area contributed by atoms with Gasteiger partial charge in [-0.3, -0.25) is 9.59 Å². The molecular weight excluding hydrogens is 349 g/mol. The predicted octanol–water partition coefficient (Wildman–Crippen LogP) is 4.50. The van der Waals surface area contributed by atoms with E-state index in [-0.39, 0.29) is 6.42 Å². The van der Waals surface area contributed by atoms with Gasteiger partial charge in [0.1, 0.15) is 0 Å². The van der Waals surface area contributed by atoms with Gasteiger partial charge in [0.2, 0.25) is 0 Å². The fourth-order valence-electron chi connectivity index (χ4n) is 2.03. The number of nitrogens with one attached hydrogen (secondary N) is 1. The van der Waals surface area contributed by atoms with Crippen molar-refractivity contribution >= 4 is 40.8 Å². The average Bonchev–Trinajstić information content (AvgIpc) is 2.57. The number of halogens is 2. The van der Waals surface area contributed by atoms with Gasteiger partial charge in [-0.25, -0.2) is 0 Å². The molecule has 0 saturated heterocycles. The number of esters is 1. The molecule has 1 amide bonds. The summed E-state index contributed by atoms with van der Waals surface area (Å²) in [6, 6.07) is 14.3. The predicted molar refractivity (Wildman–Crippen MR) is 95.4 cm³/mol. The molecular formula is C18H17Cl2NO3. The fraction of sp³-hybridized carbons (Fsp3) is 0.222. The molecule has 2 rings (SSSR count). The third-order valence-corrected chi connectivity index (χ3v) is 3.89. The molecule has 0 bridgehead atoms. The third-order valence-electron chi connectivity index (χ3n) is 3.32. The Morgan fingerprint density at radius 3 is 2.54 bits per heavy atom. The molecule has 0 heterocycles. The molecule has 0 aliphatic heterocycles. The Hall–Kier alpha value is -2.04. The number of benzene rings is 2. The van der Waals surface area contributed by atoms with Crippen molar-refractivity contribution in [2.24, 2.45) is 0 Å². The Bertz CT molecular complexity index is 719. The van der Waals surface area contributed by atoms with E-state index in [9.17, 15) is 9.59 Å². The molecule has 0 unspecified atom stereocenters. The summed E-state index contributed by atoms with van der Waals surface area (Å²) in [6.07, 6.45) is -0.156. The van der Waals surface area contributed by atoms with Crippen molar-refractivity contribution in [3.63, 3.8) is 0 Å². The monoisotopic (exact) mass is 365 g/mol. The zero-order valence-electron chi connectivity index (χ0n) is 13.1. The molecule has 1 N–H and O–H groups in total. The van der Waals surface area contributed by atoms with Crippen LogP contribution in [0.4, 0.5) is 5.69 Å². The van der Waals surface area contributed by atoms with Crippen molar-refractivity contribution in [1.29, 1.82) is 0 Å². The minimum atomic E-state index is -0.927. The van der Waals surface area contributed by atoms with Crippen LogP contribution >= 0.6 is 23.2 Å². The Morgan fingerprint density at radius 1 is 1.12 bits per heavy atom. The lowest BCUT2D eigenvalue weighted by atomic mass is 10.1. The number of carbonyl (C=O) groups excluding carboxylic acids is 2. The van der Waals surface area contributed by atoms with Gasteiger partial charge in [0, 0.05) is 11.4 Å². The van der Waals surface area contributed by atoms with E-state index in [0.29, 0.717) is 22.2 Å². The molecule has 0 aliphatic rings. The first-order chi connectivity index (χ1) is 11.5. The zero-order chi connectivity index (χ0) is 17.5. The molecule has 0 aromatic heterocycles. The van der Waals surface area contributed by atoms with Crippen LogP contribution in [-0.4, -0.2) is 18.0 Å². The smallest absolute Gasteiger partial charge is 0.306 e. The summed E-state index contributed by atoms with van der Waals surface area (Å²) in [5.41, 5.74) is 1.42. The normalized spacial score (nSPS) is 11.6. The van der Waals surface area contributed by atoms with Crippen molar-refractivity contribution in [2.45, 2.75) is 25.9 Å². The summed E-state index contributed by atoms with van der Waals surface area (Å²) < 4.78 is 5.15. The van der Waals surface area contributed by atoms with Gasteiger partial charge in [-0.05, 0) is 37.1 Å². The van der Waals surface area contributed by atoms with E-state index in [2.05, 4.69) is 5.32 Å². The number of amides is 1. The Kier molecular flexibility index (Phi) is 6.64. The van der Waals surface area contributed by atoms with Crippen LogP contribution in [-0.2, 0) is 20.7 Å². The second-order valence-electron chi connectivity index (χ2n) is 5.23. The standard InChI is InChI=1S/C18H17Cl2NO3/c1-12(18(23)21-16-11-14(19)8-9-15(16)20)24-17(22)10-7-13-5-3-2-4-6-13/h2-6,8-9,11-12H,7,10H2,1H3,(H,21,23)/t12-/m1/s1. The van der Waals surface area contributed by atoms with Crippen LogP contribution in [0.25, 0.3) is 0 Å². The average molecular weight is 366 g/mol. The van der Waals surface area contributed by atoms with Crippen LogP contribution in [0.15, 0.2) is 48.5 Å². The highest BCUT2D eigenvalue weighted by Gasteiger charge is 2.18. The quantitative estimate of drug-likeness (QED) is 0.766. The van der Waals surface area contributed by atoms with Gasteiger partial charge < -0.3 is 10.1 Å². The number of carbonyl (C=O) groups is 2. The van der Waals surface area contributed by atoms with E-state index < -0.39 is 18.0 Å². The van der Waals surface area contributed by atoms with Crippen molar-refractivity contribution in [3.8, 4) is 0 Å². The zero-order valence-corrected chi connectivity index (χ0v) is 14.6. The number of hydrogen-bond donors (Lipinski definition) is 1. The molecule has 24 heavy (non-hydrogen) atoms. The highest BCUT2D eigenvalue weighted by molar-refractivity contribution is 6.35. The van der Waals surface area contributed by atoms with Crippen molar-refractivity contribution in [2.75, 3.05) is 5.32 Å². The van der Waals surface area contributed by atoms with Gasteiger partial charge in [-0.15, -0.1) is 0 Å². The SMILES string of the molecule is C[C@@H](OC(=O)CCc1ccccc1)C(=O)Nc1cc(Cl)ccc1Cl. The van der Waals surface area contributed by atoms with Crippen molar-refractivity contribution in [3.05, 3.63) is 64.1 Å². The maximum Gasteiger partial charge on any atom is 0.306 e. The van der Waals surface area contributed by atoms with E-state index >= 15 is 0 Å². The van der Waals surface area contributed by atoms with Gasteiger partial charge in [0.15, 0.2) is 6.10 Å². The third kappa shape index (κ3) is 5.55. The minimum Gasteiger partial charge on any atom is -0.453 e. The lowest BCUT2D eigenvalue weighted by Crippen LogP contribution is -2.30. The second-order valence-corrected chi connectivity index (χ2v) is 6.07. The molecule has 0 spiro atoms. The van der Waals surface area contributed by atoms with E-state index in [1.54, 1.807) is 12.1 Å². The summed E-state index contributed by atoms with van der Waals surface area (Å²) in [5.74, 6) is -0.897. The highest BCUT2D eigenvalue weighted by Crippen LogP contribution is 2.25. The molecule has 6 heteroatoms. The van der Waals surface area contributed by atoms with Crippen LogP contribution in [0.2, 0.25) is 10.0 Å². The molecule has 0 fully saturated rings. The van der Waals surface area contributed by atoms with Crippen LogP contribution in [0.3, 0.4) is 0 Å². The lowest BCUT2D eigenvalue weighted by molar-refractivity contribution is -0.153. The Balaban J connectivity index is 1.84. The highest BCUT2D eigenvalue weighted by atomic mass is 35.5. The van der Waals surface area contributed by atoms with E-state index in [4.69, 9.17) is 27.9 Å². The van der Waals surface area contributed by atoms with Crippen molar-refractivity contribution in [1.82, 2.24) is 0 Å². The van der Waals surface area contributed by atoms with Crippen LogP contribution < -0.4 is 5.32 Å². The van der Waals surface area contributed by atoms with Gasteiger partial charge in [-0.1, -0.05) is 53.5 Å². The fourth-order valence-corrected chi connectivity index (χ4v) is 2.37. The number of hydrogen-bond acceptors (Lipinski definition) is 3. The molecule has 4 nitrogen and oxygen atoms in total. The Morgan fingerprint density at radius 2 is 1.83 bits per heavy atom. The molecule has 0 aliphatic carbocycles. The van der Waals surface area contributed by atoms with E-state index in [1.165, 1.54) is 13.0 Å². The van der Waals surface area contributed by atoms with Gasteiger partial charge in [0.05, 0.1) is 10.7 Å². The van der Waals surface area contributed by atoms with Gasteiger partial charge in [0.25, 0.3) is 5.91 Å². The van der Waals surface area contributed by atoms with Crippen LogP contribution in [0.1, 0.15) is 18.9 Å². The molecule has 126 valence electrons. The summed E-state index contributed by atoms with van der Waals surface area (Å²) in [7, 11) is 0.